The van der Waals surface area contributed by atoms with Crippen molar-refractivity contribution in [1.29, 1.82) is 0 Å². The molecule has 1 aromatic carbocycles. The summed E-state index contributed by atoms with van der Waals surface area (Å²) in [5, 5.41) is 3.42. The molecule has 0 unspecified atom stereocenters. The van der Waals surface area contributed by atoms with Crippen LogP contribution in [0.1, 0.15) is 17.2 Å². The average molecular weight is 280 g/mol. The Bertz CT molecular complexity index is 502. The van der Waals surface area contributed by atoms with Gasteiger partial charge in [-0.1, -0.05) is 0 Å². The Morgan fingerprint density at radius 2 is 1.71 bits per heavy atom. The topological polar surface area (TPSA) is 26.0 Å². The minimum absolute atomic E-state index is 0. The van der Waals surface area contributed by atoms with Crippen LogP contribution in [-0.4, -0.2) is 0 Å². The molecule has 0 amide bonds. The van der Waals surface area contributed by atoms with Gasteiger partial charge in [0.1, 0.15) is 5.82 Å². The van der Waals surface area contributed by atoms with E-state index in [0.29, 0.717) is 5.56 Å². The van der Waals surface area contributed by atoms with Gasteiger partial charge in [-0.3, -0.25) is 0 Å². The van der Waals surface area contributed by atoms with E-state index in [1.165, 1.54) is 11.3 Å². The first-order chi connectivity index (χ1) is 7.61. The third-order valence-corrected chi connectivity index (χ3v) is 2.99. The Morgan fingerprint density at radius 1 is 1.06 bits per heavy atom. The quantitative estimate of drug-likeness (QED) is 0.835. The summed E-state index contributed by atoms with van der Waals surface area (Å²) < 4.78 is 39.8. The second-order valence-corrected chi connectivity index (χ2v) is 4.07. The van der Waals surface area contributed by atoms with Crippen molar-refractivity contribution in [3.8, 4) is 0 Å². The fraction of sp³-hybridized carbons (Fsp3) is 0.0909. The van der Waals surface area contributed by atoms with Crippen molar-refractivity contribution in [3.05, 3.63) is 57.5 Å². The second-order valence-electron chi connectivity index (χ2n) is 3.29. The number of rotatable bonds is 2. The lowest BCUT2D eigenvalue weighted by atomic mass is 10.0. The predicted octanol–water partition coefficient (Wildman–Crippen LogP) is 3.64. The van der Waals surface area contributed by atoms with Crippen molar-refractivity contribution in [1.82, 2.24) is 0 Å². The minimum Gasteiger partial charge on any atom is -0.320 e. The number of thiophene rings is 1. The summed E-state index contributed by atoms with van der Waals surface area (Å²) >= 11 is 1.36. The first-order valence-corrected chi connectivity index (χ1v) is 5.46. The Morgan fingerprint density at radius 3 is 2.29 bits per heavy atom. The highest BCUT2D eigenvalue weighted by molar-refractivity contribution is 7.08. The van der Waals surface area contributed by atoms with Gasteiger partial charge >= 0.3 is 0 Å². The van der Waals surface area contributed by atoms with Gasteiger partial charge in [-0.15, -0.1) is 12.4 Å². The zero-order valence-corrected chi connectivity index (χ0v) is 10.1. The van der Waals surface area contributed by atoms with E-state index in [4.69, 9.17) is 5.73 Å². The summed E-state index contributed by atoms with van der Waals surface area (Å²) in [6.45, 7) is 0. The highest BCUT2D eigenvalue weighted by atomic mass is 35.5. The molecule has 0 saturated heterocycles. The zero-order chi connectivity index (χ0) is 11.7. The molecular weight excluding hydrogens is 271 g/mol. The van der Waals surface area contributed by atoms with Crippen LogP contribution >= 0.6 is 23.7 Å². The molecule has 0 radical (unpaired) electrons. The van der Waals surface area contributed by atoms with Gasteiger partial charge in [0.25, 0.3) is 0 Å². The molecule has 0 spiro atoms. The van der Waals surface area contributed by atoms with Crippen LogP contribution in [0.2, 0.25) is 0 Å². The van der Waals surface area contributed by atoms with Crippen LogP contribution in [0.5, 0.6) is 0 Å². The lowest BCUT2D eigenvalue weighted by Gasteiger charge is -2.12. The number of hydrogen-bond donors (Lipinski definition) is 1. The van der Waals surface area contributed by atoms with E-state index in [-0.39, 0.29) is 12.4 Å². The highest BCUT2D eigenvalue weighted by Crippen LogP contribution is 2.27. The average Bonchev–Trinajstić information content (AvgIpc) is 2.77. The van der Waals surface area contributed by atoms with Crippen LogP contribution in [0.25, 0.3) is 0 Å². The molecule has 0 saturated carbocycles. The minimum atomic E-state index is -1.22. The maximum absolute atomic E-state index is 13.4. The maximum atomic E-state index is 13.4. The van der Waals surface area contributed by atoms with E-state index in [1.54, 1.807) is 16.8 Å². The molecule has 92 valence electrons. The summed E-state index contributed by atoms with van der Waals surface area (Å²) in [5.74, 6) is -3.15. The summed E-state index contributed by atoms with van der Waals surface area (Å²) in [6.07, 6.45) is 0. The fourth-order valence-electron chi connectivity index (χ4n) is 1.45. The van der Waals surface area contributed by atoms with Gasteiger partial charge in [-0.05, 0) is 34.5 Å². The third-order valence-electron chi connectivity index (χ3n) is 2.29. The lowest BCUT2D eigenvalue weighted by molar-refractivity contribution is 0.473. The molecule has 2 rings (SSSR count). The van der Waals surface area contributed by atoms with Gasteiger partial charge in [0.2, 0.25) is 0 Å². The van der Waals surface area contributed by atoms with E-state index in [9.17, 15) is 13.2 Å². The molecule has 17 heavy (non-hydrogen) atoms. The fourth-order valence-corrected chi connectivity index (χ4v) is 2.14. The predicted molar refractivity (Wildman–Crippen MR) is 63.9 cm³/mol. The summed E-state index contributed by atoms with van der Waals surface area (Å²) in [7, 11) is 0. The van der Waals surface area contributed by atoms with E-state index < -0.39 is 29.1 Å². The molecule has 1 nitrogen and oxygen atoms in total. The molecule has 1 atom stereocenters. The summed E-state index contributed by atoms with van der Waals surface area (Å²) in [5.41, 5.74) is 5.82. The molecule has 0 aliphatic carbocycles. The molecule has 1 heterocycles. The SMILES string of the molecule is Cl.N[C@H](c1ccsc1)c1c(F)ccc(F)c1F. The van der Waals surface area contributed by atoms with Crippen molar-refractivity contribution in [2.75, 3.05) is 0 Å². The number of nitrogens with two attached hydrogens (primary N) is 1. The summed E-state index contributed by atoms with van der Waals surface area (Å²) in [6, 6.07) is 2.29. The first kappa shape index (κ1) is 14.0. The molecule has 0 fully saturated rings. The smallest absolute Gasteiger partial charge is 0.166 e. The van der Waals surface area contributed by atoms with Gasteiger partial charge in [-0.25, -0.2) is 13.2 Å². The van der Waals surface area contributed by atoms with E-state index >= 15 is 0 Å². The molecule has 2 aromatic rings. The molecule has 1 aromatic heterocycles. The van der Waals surface area contributed by atoms with Crippen molar-refractivity contribution in [3.63, 3.8) is 0 Å². The Labute approximate surface area is 106 Å². The van der Waals surface area contributed by atoms with Crippen molar-refractivity contribution in [2.24, 2.45) is 5.73 Å². The molecule has 0 bridgehead atoms. The van der Waals surface area contributed by atoms with Crippen molar-refractivity contribution in [2.45, 2.75) is 6.04 Å². The van der Waals surface area contributed by atoms with Gasteiger partial charge < -0.3 is 5.73 Å². The zero-order valence-electron chi connectivity index (χ0n) is 8.49. The number of benzene rings is 1. The third kappa shape index (κ3) is 2.62. The van der Waals surface area contributed by atoms with E-state index in [0.717, 1.165) is 12.1 Å². The first-order valence-electron chi connectivity index (χ1n) is 4.52. The Kier molecular flexibility index (Phi) is 4.56. The monoisotopic (exact) mass is 279 g/mol. The largest absolute Gasteiger partial charge is 0.320 e. The lowest BCUT2D eigenvalue weighted by Crippen LogP contribution is -2.15. The van der Waals surface area contributed by atoms with Crippen LogP contribution in [0, 0.1) is 17.5 Å². The van der Waals surface area contributed by atoms with E-state index in [1.807, 2.05) is 0 Å². The van der Waals surface area contributed by atoms with Gasteiger partial charge in [-0.2, -0.15) is 11.3 Å². The van der Waals surface area contributed by atoms with Crippen LogP contribution in [0.15, 0.2) is 29.0 Å². The van der Waals surface area contributed by atoms with Gasteiger partial charge in [0.05, 0.1) is 6.04 Å². The van der Waals surface area contributed by atoms with Crippen molar-refractivity contribution >= 4 is 23.7 Å². The second kappa shape index (κ2) is 5.53. The standard InChI is InChI=1S/C11H8F3NS.ClH/c12-7-1-2-8(13)10(14)9(7)11(15)6-3-4-16-5-6;/h1-5,11H,15H2;1H/t11-;/m1./s1. The molecular formula is C11H9ClF3NS. The van der Waals surface area contributed by atoms with Crippen LogP contribution < -0.4 is 5.73 Å². The molecule has 0 aliphatic rings. The van der Waals surface area contributed by atoms with Crippen LogP contribution in [0.3, 0.4) is 0 Å². The van der Waals surface area contributed by atoms with Crippen molar-refractivity contribution < 1.29 is 13.2 Å². The number of hydrogen-bond acceptors (Lipinski definition) is 2. The molecule has 0 aliphatic heterocycles. The Hall–Kier alpha value is -1.04. The van der Waals surface area contributed by atoms with Crippen LogP contribution in [0.4, 0.5) is 13.2 Å². The Balaban J connectivity index is 0.00000144. The summed E-state index contributed by atoms with van der Waals surface area (Å²) in [4.78, 5) is 0. The molecule has 2 N–H and O–H groups in total. The number of halogens is 4. The van der Waals surface area contributed by atoms with Gasteiger partial charge in [0, 0.05) is 5.56 Å². The van der Waals surface area contributed by atoms with E-state index in [2.05, 4.69) is 0 Å². The van der Waals surface area contributed by atoms with Gasteiger partial charge in [0.15, 0.2) is 11.6 Å². The van der Waals surface area contributed by atoms with Crippen LogP contribution in [-0.2, 0) is 0 Å². The maximum Gasteiger partial charge on any atom is 0.166 e. The highest BCUT2D eigenvalue weighted by Gasteiger charge is 2.21. The normalized spacial score (nSPS) is 12.0. The molecule has 6 heteroatoms.